The van der Waals surface area contributed by atoms with Crippen LogP contribution in [-0.4, -0.2) is 22.5 Å². The number of carbonyl (C=O) groups is 1. The summed E-state index contributed by atoms with van der Waals surface area (Å²) in [7, 11) is 0. The Labute approximate surface area is 92.1 Å². The van der Waals surface area contributed by atoms with Crippen molar-refractivity contribution in [1.29, 1.82) is 0 Å². The first-order valence-corrected chi connectivity index (χ1v) is 4.17. The summed E-state index contributed by atoms with van der Waals surface area (Å²) in [4.78, 5) is 10.4. The normalized spacial score (nSPS) is 13.2. The van der Waals surface area contributed by atoms with E-state index >= 15 is 0 Å². The van der Waals surface area contributed by atoms with Crippen LogP contribution in [0.25, 0.3) is 0 Å². The summed E-state index contributed by atoms with van der Waals surface area (Å²) in [6.07, 6.45) is -7.15. The molecule has 0 spiro atoms. The van der Waals surface area contributed by atoms with Crippen molar-refractivity contribution in [2.45, 2.75) is 12.5 Å². The first kappa shape index (κ1) is 13.2. The number of hydrogen-bond acceptors (Lipinski definition) is 3. The van der Waals surface area contributed by atoms with Crippen LogP contribution in [0.15, 0.2) is 18.2 Å². The molecule has 1 aromatic rings. The molecule has 1 rings (SSSR count). The summed E-state index contributed by atoms with van der Waals surface area (Å²) >= 11 is 0. The smallest absolute Gasteiger partial charge is 0.479 e. The van der Waals surface area contributed by atoms with E-state index in [0.717, 1.165) is 6.07 Å². The Hall–Kier alpha value is -1.83. The molecule has 0 fully saturated rings. The summed E-state index contributed by atoms with van der Waals surface area (Å²) in [6, 6.07) is 1.89. The molecule has 0 bridgehead atoms. The molecule has 17 heavy (non-hydrogen) atoms. The minimum absolute atomic E-state index is 0.418. The van der Waals surface area contributed by atoms with Gasteiger partial charge in [-0.25, -0.2) is 9.18 Å². The van der Waals surface area contributed by atoms with Gasteiger partial charge in [0.1, 0.15) is 0 Å². The van der Waals surface area contributed by atoms with E-state index in [2.05, 4.69) is 4.74 Å². The quantitative estimate of drug-likeness (QED) is 0.808. The fraction of sp³-hybridized carbons (Fsp3) is 0.222. The predicted octanol–water partition coefficient (Wildman–Crippen LogP) is 1.84. The van der Waals surface area contributed by atoms with E-state index in [1.165, 1.54) is 0 Å². The number of benzene rings is 1. The number of halogens is 4. The van der Waals surface area contributed by atoms with Gasteiger partial charge in [0, 0.05) is 0 Å². The third kappa shape index (κ3) is 3.59. The van der Waals surface area contributed by atoms with Crippen LogP contribution in [0.3, 0.4) is 0 Å². The number of hydrogen-bond donors (Lipinski definition) is 2. The van der Waals surface area contributed by atoms with Gasteiger partial charge >= 0.3 is 12.3 Å². The van der Waals surface area contributed by atoms with Crippen molar-refractivity contribution >= 4 is 5.97 Å². The molecule has 1 aromatic carbocycles. The highest BCUT2D eigenvalue weighted by atomic mass is 19.4. The van der Waals surface area contributed by atoms with Crippen LogP contribution in [-0.2, 0) is 4.79 Å². The number of carboxylic acids is 1. The Morgan fingerprint density at radius 3 is 2.41 bits per heavy atom. The highest BCUT2D eigenvalue weighted by Crippen LogP contribution is 2.28. The van der Waals surface area contributed by atoms with Gasteiger partial charge in [-0.3, -0.25) is 0 Å². The molecule has 2 N–H and O–H groups in total. The molecular formula is C9H6F4O4. The fourth-order valence-electron chi connectivity index (χ4n) is 1.04. The monoisotopic (exact) mass is 254 g/mol. The molecule has 0 saturated heterocycles. The van der Waals surface area contributed by atoms with Crippen molar-refractivity contribution in [3.63, 3.8) is 0 Å². The maximum atomic E-state index is 12.9. The molecule has 0 aromatic heterocycles. The molecule has 4 nitrogen and oxygen atoms in total. The van der Waals surface area contributed by atoms with Gasteiger partial charge in [-0.1, -0.05) is 6.07 Å². The summed E-state index contributed by atoms with van der Waals surface area (Å²) in [5, 5.41) is 17.5. The van der Waals surface area contributed by atoms with E-state index in [9.17, 15) is 22.4 Å². The third-order valence-electron chi connectivity index (χ3n) is 1.73. The second kappa shape index (κ2) is 4.58. The van der Waals surface area contributed by atoms with Crippen LogP contribution in [0.5, 0.6) is 5.75 Å². The van der Waals surface area contributed by atoms with Crippen molar-refractivity contribution in [2.24, 2.45) is 0 Å². The summed E-state index contributed by atoms with van der Waals surface area (Å²) in [5.74, 6) is -4.19. The van der Waals surface area contributed by atoms with Crippen LogP contribution >= 0.6 is 0 Å². The van der Waals surface area contributed by atoms with Crippen LogP contribution in [0, 0.1) is 5.82 Å². The Balaban J connectivity index is 3.06. The van der Waals surface area contributed by atoms with E-state index in [1.807, 2.05) is 0 Å². The average molecular weight is 254 g/mol. The van der Waals surface area contributed by atoms with Gasteiger partial charge in [-0.05, 0) is 17.7 Å². The number of alkyl halides is 3. The third-order valence-corrected chi connectivity index (χ3v) is 1.73. The predicted molar refractivity (Wildman–Crippen MR) is 45.7 cm³/mol. The fourth-order valence-corrected chi connectivity index (χ4v) is 1.04. The van der Waals surface area contributed by atoms with Crippen molar-refractivity contribution < 1.29 is 37.3 Å². The maximum absolute atomic E-state index is 12.9. The van der Waals surface area contributed by atoms with Crippen molar-refractivity contribution in [2.75, 3.05) is 0 Å². The number of aliphatic carboxylic acids is 1. The Morgan fingerprint density at radius 1 is 1.35 bits per heavy atom. The number of carboxylic acid groups (broad SMARTS) is 1. The van der Waals surface area contributed by atoms with E-state index in [0.29, 0.717) is 12.1 Å². The summed E-state index contributed by atoms with van der Waals surface area (Å²) < 4.78 is 51.8. The molecular weight excluding hydrogens is 248 g/mol. The molecule has 1 atom stereocenters. The zero-order valence-electron chi connectivity index (χ0n) is 8.03. The van der Waals surface area contributed by atoms with Gasteiger partial charge in [-0.2, -0.15) is 0 Å². The highest BCUT2D eigenvalue weighted by Gasteiger charge is 2.33. The molecule has 1 unspecified atom stereocenters. The zero-order valence-corrected chi connectivity index (χ0v) is 8.03. The Morgan fingerprint density at radius 2 is 1.94 bits per heavy atom. The zero-order chi connectivity index (χ0) is 13.2. The average Bonchev–Trinajstić information content (AvgIpc) is 2.18. The Bertz CT molecular complexity index is 429. The van der Waals surface area contributed by atoms with Crippen molar-refractivity contribution in [1.82, 2.24) is 0 Å². The summed E-state index contributed by atoms with van der Waals surface area (Å²) in [5.41, 5.74) is -0.418. The van der Waals surface area contributed by atoms with Gasteiger partial charge < -0.3 is 14.9 Å². The lowest BCUT2D eigenvalue weighted by Crippen LogP contribution is -2.18. The molecule has 0 radical (unpaired) electrons. The topological polar surface area (TPSA) is 66.8 Å². The van der Waals surface area contributed by atoms with E-state index in [-0.39, 0.29) is 0 Å². The number of ether oxygens (including phenoxy) is 1. The van der Waals surface area contributed by atoms with Crippen LogP contribution < -0.4 is 4.74 Å². The minimum atomic E-state index is -5.10. The maximum Gasteiger partial charge on any atom is 0.573 e. The standard InChI is InChI=1S/C9H6F4O4/c10-5-2-1-4(7(14)8(15)16)3-6(5)17-9(11,12)13/h1-3,7,14H,(H,15,16). The van der Waals surface area contributed by atoms with Crippen LogP contribution in [0.1, 0.15) is 11.7 Å². The van der Waals surface area contributed by atoms with Crippen molar-refractivity contribution in [3.8, 4) is 5.75 Å². The van der Waals surface area contributed by atoms with Crippen molar-refractivity contribution in [3.05, 3.63) is 29.6 Å². The minimum Gasteiger partial charge on any atom is -0.479 e. The largest absolute Gasteiger partial charge is 0.573 e. The van der Waals surface area contributed by atoms with Gasteiger partial charge in [0.25, 0.3) is 0 Å². The molecule has 94 valence electrons. The number of aliphatic hydroxyl groups is 1. The van der Waals surface area contributed by atoms with Gasteiger partial charge in [-0.15, -0.1) is 13.2 Å². The molecule has 0 aliphatic heterocycles. The second-order valence-corrected chi connectivity index (χ2v) is 2.98. The van der Waals surface area contributed by atoms with Crippen LogP contribution in [0.2, 0.25) is 0 Å². The van der Waals surface area contributed by atoms with Gasteiger partial charge in [0.15, 0.2) is 17.7 Å². The first-order chi connectivity index (χ1) is 7.70. The lowest BCUT2D eigenvalue weighted by atomic mass is 10.1. The molecule has 0 saturated carbocycles. The SMILES string of the molecule is O=C(O)C(O)c1ccc(F)c(OC(F)(F)F)c1. The van der Waals surface area contributed by atoms with Gasteiger partial charge in [0.2, 0.25) is 0 Å². The number of rotatable bonds is 3. The second-order valence-electron chi connectivity index (χ2n) is 2.98. The van der Waals surface area contributed by atoms with E-state index < -0.39 is 35.6 Å². The van der Waals surface area contributed by atoms with Crippen LogP contribution in [0.4, 0.5) is 17.6 Å². The van der Waals surface area contributed by atoms with E-state index in [1.54, 1.807) is 0 Å². The highest BCUT2D eigenvalue weighted by molar-refractivity contribution is 5.74. The molecule has 0 aliphatic rings. The number of aliphatic hydroxyl groups excluding tert-OH is 1. The van der Waals surface area contributed by atoms with Gasteiger partial charge in [0.05, 0.1) is 0 Å². The molecule has 0 aliphatic carbocycles. The molecule has 0 amide bonds. The Kier molecular flexibility index (Phi) is 3.56. The lowest BCUT2D eigenvalue weighted by molar-refractivity contribution is -0.275. The molecule has 0 heterocycles. The summed E-state index contributed by atoms with van der Waals surface area (Å²) in [6.45, 7) is 0. The lowest BCUT2D eigenvalue weighted by Gasteiger charge is -2.12. The van der Waals surface area contributed by atoms with E-state index in [4.69, 9.17) is 10.2 Å². The first-order valence-electron chi connectivity index (χ1n) is 4.17. The molecule has 8 heteroatoms.